The Balaban J connectivity index is 2.06. The van der Waals surface area contributed by atoms with Gasteiger partial charge in [-0.3, -0.25) is 4.98 Å². The van der Waals surface area contributed by atoms with Crippen molar-refractivity contribution in [3.05, 3.63) is 18.1 Å². The third-order valence-electron chi connectivity index (χ3n) is 2.51. The van der Waals surface area contributed by atoms with Crippen molar-refractivity contribution in [1.29, 1.82) is 0 Å². The minimum atomic E-state index is 0.601. The highest BCUT2D eigenvalue weighted by Gasteiger charge is 2.19. The maximum absolute atomic E-state index is 5.67. The van der Waals surface area contributed by atoms with Gasteiger partial charge in [0, 0.05) is 12.4 Å². The molecule has 0 unspecified atom stereocenters. The fraction of sp³-hybridized carbons (Fsp3) is 0.556. The number of anilines is 1. The van der Waals surface area contributed by atoms with Crippen LogP contribution < -0.4 is 5.73 Å². The van der Waals surface area contributed by atoms with Crippen molar-refractivity contribution >= 4 is 5.82 Å². The van der Waals surface area contributed by atoms with Gasteiger partial charge in [0.2, 0.25) is 0 Å². The highest BCUT2D eigenvalue weighted by molar-refractivity contribution is 5.33. The number of hydrogen-bond acceptors (Lipinski definition) is 3. The molecule has 1 aromatic rings. The predicted octanol–water partition coefficient (Wildman–Crippen LogP) is 1.40. The third kappa shape index (κ3) is 1.40. The van der Waals surface area contributed by atoms with Crippen molar-refractivity contribution in [1.82, 2.24) is 9.97 Å². The molecule has 0 aromatic carbocycles. The van der Waals surface area contributed by atoms with Gasteiger partial charge in [0.25, 0.3) is 0 Å². The van der Waals surface area contributed by atoms with E-state index in [0.29, 0.717) is 5.82 Å². The lowest BCUT2D eigenvalue weighted by molar-refractivity contribution is 0.312. The molecule has 2 rings (SSSR count). The van der Waals surface area contributed by atoms with Crippen molar-refractivity contribution in [3.63, 3.8) is 0 Å². The Hall–Kier alpha value is -1.12. The Bertz CT molecular complexity index is 268. The maximum Gasteiger partial charge on any atom is 0.145 e. The Morgan fingerprint density at radius 1 is 1.33 bits per heavy atom. The summed E-state index contributed by atoms with van der Waals surface area (Å²) in [5, 5.41) is 0. The molecule has 1 heterocycles. The van der Waals surface area contributed by atoms with Gasteiger partial charge in [-0.25, -0.2) is 4.98 Å². The lowest BCUT2D eigenvalue weighted by atomic mass is 9.82. The van der Waals surface area contributed by atoms with E-state index in [1.54, 1.807) is 12.4 Å². The van der Waals surface area contributed by atoms with Crippen LogP contribution in [0.5, 0.6) is 0 Å². The molecule has 0 atom stereocenters. The minimum Gasteiger partial charge on any atom is -0.382 e. The zero-order chi connectivity index (χ0) is 8.39. The van der Waals surface area contributed by atoms with Crippen LogP contribution >= 0.6 is 0 Å². The minimum absolute atomic E-state index is 0.601. The molecule has 0 spiro atoms. The molecule has 0 bridgehead atoms. The molecular weight excluding hydrogens is 150 g/mol. The van der Waals surface area contributed by atoms with Crippen LogP contribution in [0.4, 0.5) is 5.82 Å². The van der Waals surface area contributed by atoms with Gasteiger partial charge >= 0.3 is 0 Å². The lowest BCUT2D eigenvalue weighted by Gasteiger charge is -2.24. The Morgan fingerprint density at radius 3 is 2.67 bits per heavy atom. The molecule has 0 aliphatic heterocycles. The number of nitrogens with two attached hydrogens (primary N) is 1. The molecule has 3 nitrogen and oxygen atoms in total. The van der Waals surface area contributed by atoms with Crippen molar-refractivity contribution in [2.45, 2.75) is 25.7 Å². The van der Waals surface area contributed by atoms with Crippen LogP contribution in [-0.4, -0.2) is 9.97 Å². The van der Waals surface area contributed by atoms with Gasteiger partial charge < -0.3 is 5.73 Å². The van der Waals surface area contributed by atoms with Crippen LogP contribution in [0.15, 0.2) is 12.4 Å². The van der Waals surface area contributed by atoms with E-state index in [1.165, 1.54) is 19.3 Å². The average molecular weight is 163 g/mol. The molecule has 1 saturated carbocycles. The van der Waals surface area contributed by atoms with Gasteiger partial charge in [-0.05, 0) is 12.3 Å². The van der Waals surface area contributed by atoms with E-state index in [2.05, 4.69) is 9.97 Å². The number of aromatic nitrogens is 2. The first-order chi connectivity index (χ1) is 5.86. The number of nitrogens with zero attached hydrogens (tertiary/aromatic N) is 2. The molecule has 64 valence electrons. The van der Waals surface area contributed by atoms with E-state index in [0.717, 1.165) is 18.0 Å². The standard InChI is InChI=1S/C9H13N3/c10-9-8(11-4-5-12-9)6-7-2-1-3-7/h4-5,7H,1-3,6H2,(H2,10,12). The van der Waals surface area contributed by atoms with Crippen molar-refractivity contribution in [2.24, 2.45) is 5.92 Å². The molecular formula is C9H13N3. The molecule has 1 aliphatic carbocycles. The molecule has 0 amide bonds. The molecule has 1 fully saturated rings. The van der Waals surface area contributed by atoms with Gasteiger partial charge in [0.1, 0.15) is 5.82 Å². The largest absolute Gasteiger partial charge is 0.382 e. The number of rotatable bonds is 2. The average Bonchev–Trinajstić information content (AvgIpc) is 2.00. The topological polar surface area (TPSA) is 51.8 Å². The van der Waals surface area contributed by atoms with Crippen molar-refractivity contribution in [2.75, 3.05) is 5.73 Å². The van der Waals surface area contributed by atoms with Crippen LogP contribution in [-0.2, 0) is 6.42 Å². The SMILES string of the molecule is Nc1nccnc1CC1CCC1. The molecule has 2 N–H and O–H groups in total. The maximum atomic E-state index is 5.67. The normalized spacial score (nSPS) is 17.3. The second-order valence-electron chi connectivity index (χ2n) is 3.39. The highest BCUT2D eigenvalue weighted by Crippen LogP contribution is 2.29. The summed E-state index contributed by atoms with van der Waals surface area (Å²) < 4.78 is 0. The fourth-order valence-electron chi connectivity index (χ4n) is 1.51. The summed E-state index contributed by atoms with van der Waals surface area (Å²) in [6, 6.07) is 0. The summed E-state index contributed by atoms with van der Waals surface area (Å²) in [6.07, 6.45) is 8.39. The first-order valence-electron chi connectivity index (χ1n) is 4.41. The van der Waals surface area contributed by atoms with Gasteiger partial charge in [0.05, 0.1) is 5.69 Å². The quantitative estimate of drug-likeness (QED) is 0.717. The second kappa shape index (κ2) is 3.09. The lowest BCUT2D eigenvalue weighted by Crippen LogP contribution is -2.15. The zero-order valence-corrected chi connectivity index (χ0v) is 7.03. The molecule has 1 aromatic heterocycles. The Labute approximate surface area is 72.0 Å². The van der Waals surface area contributed by atoms with E-state index in [-0.39, 0.29) is 0 Å². The summed E-state index contributed by atoms with van der Waals surface area (Å²) in [5.74, 6) is 1.41. The molecule has 0 saturated heterocycles. The zero-order valence-electron chi connectivity index (χ0n) is 7.03. The van der Waals surface area contributed by atoms with Gasteiger partial charge in [-0.15, -0.1) is 0 Å². The van der Waals surface area contributed by atoms with Crippen LogP contribution in [0, 0.1) is 5.92 Å². The highest BCUT2D eigenvalue weighted by atomic mass is 14.9. The van der Waals surface area contributed by atoms with E-state index in [1.807, 2.05) is 0 Å². The summed E-state index contributed by atoms with van der Waals surface area (Å²) in [5.41, 5.74) is 6.65. The molecule has 3 heteroatoms. The molecule has 12 heavy (non-hydrogen) atoms. The van der Waals surface area contributed by atoms with E-state index < -0.39 is 0 Å². The van der Waals surface area contributed by atoms with Crippen molar-refractivity contribution < 1.29 is 0 Å². The van der Waals surface area contributed by atoms with E-state index in [4.69, 9.17) is 5.73 Å². The fourth-order valence-corrected chi connectivity index (χ4v) is 1.51. The smallest absolute Gasteiger partial charge is 0.145 e. The summed E-state index contributed by atoms with van der Waals surface area (Å²) >= 11 is 0. The molecule has 0 radical (unpaired) electrons. The van der Waals surface area contributed by atoms with E-state index >= 15 is 0 Å². The first-order valence-corrected chi connectivity index (χ1v) is 4.41. The number of hydrogen-bond donors (Lipinski definition) is 1. The summed E-state index contributed by atoms with van der Waals surface area (Å²) in [7, 11) is 0. The Kier molecular flexibility index (Phi) is 1.94. The van der Waals surface area contributed by atoms with Crippen LogP contribution in [0.25, 0.3) is 0 Å². The Morgan fingerprint density at radius 2 is 2.08 bits per heavy atom. The van der Waals surface area contributed by atoms with Gasteiger partial charge in [-0.2, -0.15) is 0 Å². The third-order valence-corrected chi connectivity index (χ3v) is 2.51. The first kappa shape index (κ1) is 7.53. The second-order valence-corrected chi connectivity index (χ2v) is 3.39. The number of nitrogen functional groups attached to an aromatic ring is 1. The van der Waals surface area contributed by atoms with Gasteiger partial charge in [0.15, 0.2) is 0 Å². The predicted molar refractivity (Wildman–Crippen MR) is 47.5 cm³/mol. The van der Waals surface area contributed by atoms with Crippen LogP contribution in [0.3, 0.4) is 0 Å². The molecule has 1 aliphatic rings. The van der Waals surface area contributed by atoms with E-state index in [9.17, 15) is 0 Å². The van der Waals surface area contributed by atoms with Gasteiger partial charge in [-0.1, -0.05) is 19.3 Å². The summed E-state index contributed by atoms with van der Waals surface area (Å²) in [4.78, 5) is 8.22. The summed E-state index contributed by atoms with van der Waals surface area (Å²) in [6.45, 7) is 0. The van der Waals surface area contributed by atoms with Crippen LogP contribution in [0.1, 0.15) is 25.0 Å². The van der Waals surface area contributed by atoms with Crippen LogP contribution in [0.2, 0.25) is 0 Å². The van der Waals surface area contributed by atoms with Crippen molar-refractivity contribution in [3.8, 4) is 0 Å². The monoisotopic (exact) mass is 163 g/mol.